The van der Waals surface area contributed by atoms with Crippen LogP contribution < -0.4 is 5.32 Å². The van der Waals surface area contributed by atoms with Crippen molar-refractivity contribution in [3.63, 3.8) is 0 Å². The quantitative estimate of drug-likeness (QED) is 0.770. The molecule has 0 atom stereocenters. The lowest BCUT2D eigenvalue weighted by Crippen LogP contribution is -2.21. The lowest BCUT2D eigenvalue weighted by atomic mass is 9.87. The Balaban J connectivity index is 1.74. The second-order valence-electron chi connectivity index (χ2n) is 5.16. The summed E-state index contributed by atoms with van der Waals surface area (Å²) in [5.74, 6) is -0.129. The van der Waals surface area contributed by atoms with E-state index in [1.807, 2.05) is 0 Å². The fraction of sp³-hybridized carbons (Fsp3) is 0.643. The summed E-state index contributed by atoms with van der Waals surface area (Å²) >= 11 is 0. The number of nitrogens with one attached hydrogen (secondary N) is 1. The smallest absolute Gasteiger partial charge is 0.339 e. The van der Waals surface area contributed by atoms with Gasteiger partial charge in [0, 0.05) is 12.7 Å². The van der Waals surface area contributed by atoms with E-state index in [1.54, 1.807) is 0 Å². The average molecular weight is 263 g/mol. The first-order valence-corrected chi connectivity index (χ1v) is 7.00. The number of carboxylic acid groups (broad SMARTS) is 1. The molecule has 1 aliphatic carbocycles. The summed E-state index contributed by atoms with van der Waals surface area (Å²) in [6.45, 7) is 1.42. The predicted octanol–water partition coefficient (Wildman–Crippen LogP) is 2.23. The number of hydrogen-bond donors (Lipinski definition) is 2. The van der Waals surface area contributed by atoms with E-state index in [9.17, 15) is 4.79 Å². The van der Waals surface area contributed by atoms with Crippen LogP contribution in [0.3, 0.4) is 0 Å². The number of rotatable bonds is 6. The third-order valence-corrected chi connectivity index (χ3v) is 3.77. The first kappa shape index (κ1) is 13.9. The van der Waals surface area contributed by atoms with Crippen molar-refractivity contribution in [2.75, 3.05) is 6.54 Å². The fourth-order valence-corrected chi connectivity index (χ4v) is 2.66. The van der Waals surface area contributed by atoms with Crippen LogP contribution in [0.5, 0.6) is 0 Å². The summed E-state index contributed by atoms with van der Waals surface area (Å²) < 4.78 is 0. The zero-order valence-corrected chi connectivity index (χ0v) is 11.1. The SMILES string of the molecule is O=C(O)c1cncnc1CNCCC1CCCCC1. The summed E-state index contributed by atoms with van der Waals surface area (Å²) in [7, 11) is 0. The molecule has 1 fully saturated rings. The fourth-order valence-electron chi connectivity index (χ4n) is 2.66. The minimum absolute atomic E-state index is 0.188. The molecule has 0 radical (unpaired) electrons. The number of hydrogen-bond acceptors (Lipinski definition) is 4. The molecule has 0 bridgehead atoms. The molecule has 1 aliphatic rings. The number of aromatic carboxylic acids is 1. The van der Waals surface area contributed by atoms with E-state index in [0.717, 1.165) is 12.5 Å². The van der Waals surface area contributed by atoms with Crippen LogP contribution in [-0.2, 0) is 6.54 Å². The third kappa shape index (κ3) is 4.28. The molecule has 1 aromatic heterocycles. The van der Waals surface area contributed by atoms with Crippen molar-refractivity contribution >= 4 is 5.97 Å². The van der Waals surface area contributed by atoms with Crippen LogP contribution in [0.1, 0.15) is 54.6 Å². The van der Waals surface area contributed by atoms with Crippen molar-refractivity contribution in [2.24, 2.45) is 5.92 Å². The molecule has 1 heterocycles. The third-order valence-electron chi connectivity index (χ3n) is 3.77. The molecule has 2 rings (SSSR count). The lowest BCUT2D eigenvalue weighted by molar-refractivity contribution is 0.0694. The summed E-state index contributed by atoms with van der Waals surface area (Å²) in [5.41, 5.74) is 0.749. The summed E-state index contributed by atoms with van der Waals surface area (Å²) in [6, 6.07) is 0. The molecular formula is C14H21N3O2. The molecule has 5 heteroatoms. The van der Waals surface area contributed by atoms with Crippen molar-refractivity contribution in [2.45, 2.75) is 45.1 Å². The maximum Gasteiger partial charge on any atom is 0.339 e. The summed E-state index contributed by atoms with van der Waals surface area (Å²) in [4.78, 5) is 18.8. The van der Waals surface area contributed by atoms with Crippen molar-refractivity contribution in [3.8, 4) is 0 Å². The van der Waals surface area contributed by atoms with Gasteiger partial charge in [-0.05, 0) is 18.9 Å². The molecule has 0 amide bonds. The Labute approximate surface area is 113 Å². The van der Waals surface area contributed by atoms with Gasteiger partial charge >= 0.3 is 5.97 Å². The first-order chi connectivity index (χ1) is 9.27. The maximum absolute atomic E-state index is 11.0. The molecule has 0 saturated heterocycles. The van der Waals surface area contributed by atoms with Crippen LogP contribution >= 0.6 is 0 Å². The van der Waals surface area contributed by atoms with Gasteiger partial charge < -0.3 is 10.4 Å². The molecule has 0 aliphatic heterocycles. The highest BCUT2D eigenvalue weighted by atomic mass is 16.4. The van der Waals surface area contributed by atoms with Gasteiger partial charge in [-0.3, -0.25) is 0 Å². The van der Waals surface area contributed by atoms with E-state index in [4.69, 9.17) is 5.11 Å². The Kier molecular flexibility index (Phi) is 5.27. The number of carboxylic acids is 1. The largest absolute Gasteiger partial charge is 0.478 e. The van der Waals surface area contributed by atoms with Crippen molar-refractivity contribution < 1.29 is 9.90 Å². The minimum Gasteiger partial charge on any atom is -0.478 e. The maximum atomic E-state index is 11.0. The highest BCUT2D eigenvalue weighted by Gasteiger charge is 2.13. The van der Waals surface area contributed by atoms with Crippen molar-refractivity contribution in [3.05, 3.63) is 23.8 Å². The van der Waals surface area contributed by atoms with Gasteiger partial charge in [-0.1, -0.05) is 32.1 Å². The van der Waals surface area contributed by atoms with E-state index in [-0.39, 0.29) is 5.56 Å². The van der Waals surface area contributed by atoms with Crippen LogP contribution in [0.2, 0.25) is 0 Å². The van der Waals surface area contributed by atoms with Crippen LogP contribution in [0.25, 0.3) is 0 Å². The standard InChI is InChI=1S/C14H21N3O2/c18-14(19)12-8-16-10-17-13(12)9-15-7-6-11-4-2-1-3-5-11/h8,10-11,15H,1-7,9H2,(H,18,19). The molecule has 0 aromatic carbocycles. The highest BCUT2D eigenvalue weighted by Crippen LogP contribution is 2.25. The molecular weight excluding hydrogens is 242 g/mol. The molecule has 5 nitrogen and oxygen atoms in total. The van der Waals surface area contributed by atoms with E-state index in [2.05, 4.69) is 15.3 Å². The van der Waals surface area contributed by atoms with Gasteiger partial charge in [0.05, 0.1) is 5.69 Å². The Bertz CT molecular complexity index is 417. The minimum atomic E-state index is -0.968. The van der Waals surface area contributed by atoms with Crippen LogP contribution in [0.15, 0.2) is 12.5 Å². The second-order valence-corrected chi connectivity index (χ2v) is 5.16. The number of carbonyl (C=O) groups is 1. The van der Waals surface area contributed by atoms with Gasteiger partial charge in [-0.2, -0.15) is 0 Å². The molecule has 0 unspecified atom stereocenters. The topological polar surface area (TPSA) is 75.1 Å². The van der Waals surface area contributed by atoms with Gasteiger partial charge in [0.25, 0.3) is 0 Å². The molecule has 104 valence electrons. The van der Waals surface area contributed by atoms with Gasteiger partial charge in [0.2, 0.25) is 0 Å². The number of nitrogens with zero attached hydrogens (tertiary/aromatic N) is 2. The van der Waals surface area contributed by atoms with Gasteiger partial charge in [-0.25, -0.2) is 14.8 Å². The molecule has 0 spiro atoms. The second kappa shape index (κ2) is 7.19. The zero-order chi connectivity index (χ0) is 13.5. The van der Waals surface area contributed by atoms with Crippen LogP contribution in [-0.4, -0.2) is 27.6 Å². The molecule has 2 N–H and O–H groups in total. The first-order valence-electron chi connectivity index (χ1n) is 7.00. The Hall–Kier alpha value is -1.49. The molecule has 1 saturated carbocycles. The van der Waals surface area contributed by atoms with E-state index in [0.29, 0.717) is 12.2 Å². The zero-order valence-electron chi connectivity index (χ0n) is 11.1. The Morgan fingerprint density at radius 3 is 2.89 bits per heavy atom. The van der Waals surface area contributed by atoms with Gasteiger partial charge in [-0.15, -0.1) is 0 Å². The monoisotopic (exact) mass is 263 g/mol. The van der Waals surface area contributed by atoms with Crippen molar-refractivity contribution in [1.82, 2.24) is 15.3 Å². The van der Waals surface area contributed by atoms with E-state index < -0.39 is 5.97 Å². The Morgan fingerprint density at radius 2 is 2.16 bits per heavy atom. The average Bonchev–Trinajstić information content (AvgIpc) is 2.45. The molecule has 1 aromatic rings. The normalized spacial score (nSPS) is 16.4. The highest BCUT2D eigenvalue weighted by molar-refractivity contribution is 5.88. The summed E-state index contributed by atoms with van der Waals surface area (Å²) in [6.07, 6.45) is 10.7. The van der Waals surface area contributed by atoms with Crippen LogP contribution in [0, 0.1) is 5.92 Å². The van der Waals surface area contributed by atoms with Crippen molar-refractivity contribution in [1.29, 1.82) is 0 Å². The van der Waals surface area contributed by atoms with Gasteiger partial charge in [0.1, 0.15) is 11.9 Å². The van der Waals surface area contributed by atoms with E-state index in [1.165, 1.54) is 51.0 Å². The number of aromatic nitrogens is 2. The molecule has 19 heavy (non-hydrogen) atoms. The Morgan fingerprint density at radius 1 is 1.37 bits per heavy atom. The summed E-state index contributed by atoms with van der Waals surface area (Å²) in [5, 5.41) is 12.3. The predicted molar refractivity (Wildman–Crippen MR) is 71.9 cm³/mol. The van der Waals surface area contributed by atoms with Crippen LogP contribution in [0.4, 0.5) is 0 Å². The lowest BCUT2D eigenvalue weighted by Gasteiger charge is -2.21. The van der Waals surface area contributed by atoms with E-state index >= 15 is 0 Å². The van der Waals surface area contributed by atoms with Gasteiger partial charge in [0.15, 0.2) is 0 Å².